The molecule has 0 unspecified atom stereocenters. The molecule has 7 heterocycles. The molecule has 0 radical (unpaired) electrons. The smallest absolute Gasteiger partial charge is 0.361 e. The Balaban J connectivity index is 0.000000196. The lowest BCUT2D eigenvalue weighted by molar-refractivity contribution is -0.141. The molecule has 16 nitrogen and oxygen atoms in total. The van der Waals surface area contributed by atoms with Crippen LogP contribution in [0.25, 0.3) is 76.3 Å². The Hall–Kier alpha value is -10.6. The number of nitrogens with zero attached hydrogens (tertiary/aromatic N) is 9. The molecule has 0 saturated carbocycles. The summed E-state index contributed by atoms with van der Waals surface area (Å²) in [5.41, 5.74) is 15.7. The maximum Gasteiger partial charge on any atom is 0.431 e. The number of aromatic amines is 7. The monoisotopic (exact) mass is 1890 g/mol. The van der Waals surface area contributed by atoms with Crippen molar-refractivity contribution in [1.82, 2.24) is 69.2 Å². The summed E-state index contributed by atoms with van der Waals surface area (Å²) in [5, 5.41) is 25.2. The molecule has 0 aliphatic rings. The van der Waals surface area contributed by atoms with Crippen molar-refractivity contribution in [2.45, 2.75) is 219 Å². The zero-order valence-corrected chi connectivity index (χ0v) is 84.3. The summed E-state index contributed by atoms with van der Waals surface area (Å²) in [7, 11) is 0. The molecule has 14 rings (SSSR count). The van der Waals surface area contributed by atoms with Crippen LogP contribution in [0, 0.1) is 36.5 Å². The van der Waals surface area contributed by atoms with Crippen LogP contribution in [0.3, 0.4) is 0 Å². The second kappa shape index (κ2) is 57.1. The predicted molar refractivity (Wildman–Crippen MR) is 555 cm³/mol. The SMILES string of the molecule is CCCN(CC)CCc1c(C#N)[nH]c2ccccc12.CCCN(CC)CCc1c(C(F)(F)F)[nH]c2ccccc12.CCCN(CC)CCc1c[nH]c2c(C#N)cccc12.CCCN(CC)CCc1c[nH]c2c(C(F)(F)F)cccc12.CCCN(CC)CCc1c[nH]c2cc(C)ccc12.CCCN(CC)CCc1c[nH]c2ccc(C)cc12.CCCN(CC)CCc1c[nH]c2cccc(C(F)(F)F)c12. The Morgan fingerprint density at radius 3 is 1.09 bits per heavy atom. The highest BCUT2D eigenvalue weighted by Gasteiger charge is 2.37. The molecule has 0 amide bonds. The van der Waals surface area contributed by atoms with Gasteiger partial charge < -0.3 is 69.2 Å². The van der Waals surface area contributed by atoms with Gasteiger partial charge in [-0.15, -0.1) is 0 Å². The van der Waals surface area contributed by atoms with Gasteiger partial charge in [0.15, 0.2) is 0 Å². The van der Waals surface area contributed by atoms with Crippen LogP contribution in [0.2, 0.25) is 0 Å². The average molecular weight is 1890 g/mol. The normalized spacial score (nSPS) is 11.8. The molecule has 7 N–H and O–H groups in total. The molecular weight excluding hydrogens is 1740 g/mol. The molecule has 0 bridgehead atoms. The molecule has 0 saturated heterocycles. The largest absolute Gasteiger partial charge is 0.431 e. The summed E-state index contributed by atoms with van der Waals surface area (Å²) in [5.74, 6) is 0. The van der Waals surface area contributed by atoms with Gasteiger partial charge in [-0.1, -0.05) is 187 Å². The van der Waals surface area contributed by atoms with E-state index in [1.807, 2.05) is 43.5 Å². The molecule has 744 valence electrons. The minimum absolute atomic E-state index is 0.193. The number of nitrogens with one attached hydrogen (secondary N) is 7. The highest BCUT2D eigenvalue weighted by molar-refractivity contribution is 5.91. The quantitative estimate of drug-likeness (QED) is 0.0183. The van der Waals surface area contributed by atoms with Crippen LogP contribution < -0.4 is 0 Å². The summed E-state index contributed by atoms with van der Waals surface area (Å²) in [4.78, 5) is 38.2. The number of hydrogen-bond acceptors (Lipinski definition) is 9. The number of alkyl halides is 9. The minimum Gasteiger partial charge on any atom is -0.361 e. The Bertz CT molecular complexity index is 5930. The zero-order chi connectivity index (χ0) is 99.6. The van der Waals surface area contributed by atoms with E-state index in [4.69, 9.17) is 5.26 Å². The van der Waals surface area contributed by atoms with Crippen LogP contribution >= 0.6 is 0 Å². The molecule has 7 aromatic carbocycles. The molecule has 14 aromatic rings. The highest BCUT2D eigenvalue weighted by atomic mass is 19.4. The molecule has 137 heavy (non-hydrogen) atoms. The summed E-state index contributed by atoms with van der Waals surface area (Å²) < 4.78 is 118. The van der Waals surface area contributed by atoms with Gasteiger partial charge in [0.1, 0.15) is 23.5 Å². The summed E-state index contributed by atoms with van der Waals surface area (Å²) in [6.07, 6.45) is 10.8. The van der Waals surface area contributed by atoms with E-state index in [9.17, 15) is 44.8 Å². The van der Waals surface area contributed by atoms with E-state index < -0.39 is 35.3 Å². The number of likely N-dealkylation sites (N-methyl/N-ethyl adjacent to an activating group) is 7. The van der Waals surface area contributed by atoms with Gasteiger partial charge in [0.05, 0.1) is 27.7 Å². The first kappa shape index (κ1) is 112. The van der Waals surface area contributed by atoms with Crippen molar-refractivity contribution in [3.05, 3.63) is 249 Å². The summed E-state index contributed by atoms with van der Waals surface area (Å²) in [6.45, 7) is 56.1. The second-order valence-electron chi connectivity index (χ2n) is 35.4. The van der Waals surface area contributed by atoms with Crippen LogP contribution in [0.4, 0.5) is 39.5 Å². The molecule has 25 heteroatoms. The van der Waals surface area contributed by atoms with Crippen molar-refractivity contribution in [2.24, 2.45) is 0 Å². The van der Waals surface area contributed by atoms with E-state index in [0.717, 1.165) is 215 Å². The molecule has 0 aliphatic carbocycles. The highest BCUT2D eigenvalue weighted by Crippen LogP contribution is 2.40. The Kier molecular flexibility index (Phi) is 46.5. The van der Waals surface area contributed by atoms with Gasteiger partial charge in [0.2, 0.25) is 0 Å². The lowest BCUT2D eigenvalue weighted by atomic mass is 10.0. The fourth-order valence-electron chi connectivity index (χ4n) is 18.3. The van der Waals surface area contributed by atoms with Crippen LogP contribution in [-0.2, 0) is 63.5 Å². The first-order valence-corrected chi connectivity index (χ1v) is 50.2. The van der Waals surface area contributed by atoms with Gasteiger partial charge in [-0.25, -0.2) is 0 Å². The third-order valence-electron chi connectivity index (χ3n) is 25.7. The average Bonchev–Trinajstić information content (AvgIpc) is 1.61. The summed E-state index contributed by atoms with van der Waals surface area (Å²) in [6, 6.07) is 47.5. The number of para-hydroxylation sites is 4. The van der Waals surface area contributed by atoms with E-state index in [0.29, 0.717) is 57.8 Å². The number of H-pyrrole nitrogens is 7. The maximum atomic E-state index is 13.2. The number of fused-ring (bicyclic) bond motifs is 7. The number of aryl methyl sites for hydroxylation is 2. The summed E-state index contributed by atoms with van der Waals surface area (Å²) >= 11 is 0. The van der Waals surface area contributed by atoms with Gasteiger partial charge in [-0.2, -0.15) is 50.0 Å². The minimum atomic E-state index is -4.34. The number of aromatic nitrogens is 7. The van der Waals surface area contributed by atoms with Gasteiger partial charge in [0.25, 0.3) is 0 Å². The maximum absolute atomic E-state index is 13.2. The molecule has 0 atom stereocenters. The van der Waals surface area contributed by atoms with Crippen molar-refractivity contribution < 1.29 is 39.5 Å². The van der Waals surface area contributed by atoms with Crippen molar-refractivity contribution in [3.63, 3.8) is 0 Å². The lowest BCUT2D eigenvalue weighted by Gasteiger charge is -2.19. The standard InChI is InChI=1S/3C16H21F3N2.2C16H21N3.2C16H24N2/c1-3-9-21(4-2)10-8-12-11-20-14-7-5-6-13(15(12)14)16(17,18)19;1-3-9-21(4-2)10-8-12-11-20-15-13(12)6-5-7-14(15)16(17,18)19;1-3-10-21(4-2)11-9-13-12-7-5-6-8-14(12)20-15(13)16(17,18)19;1-3-9-19(4-2)10-8-14-12-18-16-13(11-17)6-5-7-15(14)16;1-3-10-19(4-2)11-9-14-13-7-5-6-8-15(13)18-16(14)12-17;1-4-9-18(5-2)10-8-14-12-17-16-7-6-13(3)11-15(14)16;1-4-9-18(5-2)10-8-14-12-17-16-11-13(3)6-7-15(14)16/h2*5-7,11,20H,3-4,8-10H2,1-2H3;5-8,20H,3-4,9-11H2,1-2H3;5-7,12,18H,3-4,8-10H2,1-2H3;5-8,18H,3-4,9-11H2,1-2H3;2*6-7,11-12,17H,4-5,8-10H2,1-3H3. The number of nitriles is 2. The van der Waals surface area contributed by atoms with Crippen molar-refractivity contribution >= 4 is 76.3 Å². The van der Waals surface area contributed by atoms with E-state index in [2.05, 4.69) is 246 Å². The van der Waals surface area contributed by atoms with Crippen LogP contribution in [0.15, 0.2) is 171 Å². The van der Waals surface area contributed by atoms with Crippen LogP contribution in [-0.4, -0.2) is 207 Å². The molecule has 7 aromatic heterocycles. The zero-order valence-electron chi connectivity index (χ0n) is 84.3. The van der Waals surface area contributed by atoms with E-state index in [1.54, 1.807) is 48.8 Å². The molecule has 0 fully saturated rings. The van der Waals surface area contributed by atoms with Gasteiger partial charge >= 0.3 is 18.5 Å². The van der Waals surface area contributed by atoms with Gasteiger partial charge in [-0.05, 0) is 294 Å². The second-order valence-corrected chi connectivity index (χ2v) is 35.4. The first-order valence-electron chi connectivity index (χ1n) is 50.2. The topological polar surface area (TPSA) is 181 Å². The third-order valence-corrected chi connectivity index (χ3v) is 25.7. The van der Waals surface area contributed by atoms with E-state index >= 15 is 0 Å². The third kappa shape index (κ3) is 33.0. The fourth-order valence-corrected chi connectivity index (χ4v) is 18.3. The van der Waals surface area contributed by atoms with Crippen molar-refractivity contribution in [3.8, 4) is 12.1 Å². The van der Waals surface area contributed by atoms with Crippen molar-refractivity contribution in [1.29, 1.82) is 10.5 Å². The first-order chi connectivity index (χ1) is 66.0. The number of benzene rings is 7. The molecule has 0 aliphatic heterocycles. The van der Waals surface area contributed by atoms with Crippen LogP contribution in [0.5, 0.6) is 0 Å². The van der Waals surface area contributed by atoms with Gasteiger partial charge in [-0.3, -0.25) is 0 Å². The van der Waals surface area contributed by atoms with Crippen LogP contribution in [0.1, 0.15) is 220 Å². The lowest BCUT2D eigenvalue weighted by Crippen LogP contribution is -2.27. The van der Waals surface area contributed by atoms with E-state index in [1.165, 1.54) is 111 Å². The van der Waals surface area contributed by atoms with E-state index in [-0.39, 0.29) is 5.52 Å². The Labute approximate surface area is 808 Å². The predicted octanol–water partition coefficient (Wildman–Crippen LogP) is 27.5. The van der Waals surface area contributed by atoms with Gasteiger partial charge in [0, 0.05) is 142 Å². The number of rotatable bonds is 42. The molecular formula is C112H153F9N16. The number of hydrogen-bond donors (Lipinski definition) is 7. The molecule has 0 spiro atoms. The Morgan fingerprint density at radius 1 is 0.277 bits per heavy atom. The fraction of sp³-hybridized carbons (Fsp3) is 0.482. The van der Waals surface area contributed by atoms with Crippen molar-refractivity contribution in [2.75, 3.05) is 137 Å². The Morgan fingerprint density at radius 2 is 0.628 bits per heavy atom. The number of halogens is 9.